The Labute approximate surface area is 147 Å². The number of carbonyl (C=O) groups is 1. The van der Waals surface area contributed by atoms with Gasteiger partial charge in [0.2, 0.25) is 0 Å². The summed E-state index contributed by atoms with van der Waals surface area (Å²) in [6, 6.07) is 0. The van der Waals surface area contributed by atoms with Gasteiger partial charge in [-0.1, -0.05) is 11.6 Å². The molecule has 4 aliphatic rings. The number of ether oxygens (including phenoxy) is 2. The van der Waals surface area contributed by atoms with Gasteiger partial charge in [-0.05, 0) is 39.5 Å². The number of carbonyl (C=O) groups excluding carboxylic acids is 1. The van der Waals surface area contributed by atoms with Crippen LogP contribution in [0.3, 0.4) is 0 Å². The molecule has 0 saturated carbocycles. The van der Waals surface area contributed by atoms with Gasteiger partial charge in [0.1, 0.15) is 12.2 Å². The highest BCUT2D eigenvalue weighted by Gasteiger charge is 2.62. The Kier molecular flexibility index (Phi) is 4.19. The van der Waals surface area contributed by atoms with Crippen molar-refractivity contribution in [3.05, 3.63) is 11.6 Å². The van der Waals surface area contributed by atoms with E-state index in [0.29, 0.717) is 13.1 Å². The van der Waals surface area contributed by atoms with Gasteiger partial charge in [-0.15, -0.1) is 0 Å². The summed E-state index contributed by atoms with van der Waals surface area (Å²) in [7, 11) is 0. The molecular formula is C19H27F2NO3. The highest BCUT2D eigenvalue weighted by Crippen LogP contribution is 2.50. The number of fused-ring (bicyclic) bond motifs is 3. The molecule has 0 amide bonds. The second kappa shape index (κ2) is 6.02. The fraction of sp³-hybridized carbons (Fsp3) is 0.842. The maximum Gasteiger partial charge on any atom is 0.311 e. The Morgan fingerprint density at radius 1 is 1.36 bits per heavy atom. The van der Waals surface area contributed by atoms with Crippen molar-refractivity contribution in [3.63, 3.8) is 0 Å². The minimum atomic E-state index is -2.63. The van der Waals surface area contributed by atoms with Crippen molar-refractivity contribution < 1.29 is 23.0 Å². The van der Waals surface area contributed by atoms with Crippen molar-refractivity contribution in [1.82, 2.24) is 4.90 Å². The molecule has 3 fully saturated rings. The fourth-order valence-corrected chi connectivity index (χ4v) is 4.79. The molecule has 0 spiro atoms. The molecule has 0 aromatic rings. The maximum absolute atomic E-state index is 13.5. The van der Waals surface area contributed by atoms with Gasteiger partial charge in [0.25, 0.3) is 5.92 Å². The minimum Gasteiger partial charge on any atom is -0.459 e. The van der Waals surface area contributed by atoms with Gasteiger partial charge >= 0.3 is 5.97 Å². The Hall–Kier alpha value is -1.01. The lowest BCUT2D eigenvalue weighted by atomic mass is 9.80. The summed E-state index contributed by atoms with van der Waals surface area (Å²) in [5.74, 6) is -3.13. The van der Waals surface area contributed by atoms with Crippen LogP contribution in [0.5, 0.6) is 0 Å². The Bertz CT molecular complexity index is 593. The number of nitrogens with zero attached hydrogens (tertiary/aromatic N) is 1. The highest BCUT2D eigenvalue weighted by atomic mass is 19.3. The number of hydrogen-bond donors (Lipinski definition) is 0. The summed E-state index contributed by atoms with van der Waals surface area (Å²) in [6.45, 7) is 4.69. The first kappa shape index (κ1) is 17.4. The van der Waals surface area contributed by atoms with Gasteiger partial charge in [0, 0.05) is 25.4 Å². The molecule has 5 atom stereocenters. The van der Waals surface area contributed by atoms with Crippen LogP contribution < -0.4 is 0 Å². The van der Waals surface area contributed by atoms with E-state index in [-0.39, 0.29) is 48.6 Å². The molecule has 0 aromatic carbocycles. The summed E-state index contributed by atoms with van der Waals surface area (Å²) < 4.78 is 38.7. The summed E-state index contributed by atoms with van der Waals surface area (Å²) >= 11 is 0. The third kappa shape index (κ3) is 3.35. The first-order valence-corrected chi connectivity index (χ1v) is 9.42. The standard InChI is InChI=1S/C19H27F2NO3/c1-12-4-3-7-18(2)16(25-18)15-13(6-5-12)14(17(23)24-15)10-22-9-8-19(20,21)11-22/h4,13-16H,3,5-11H2,1-2H3/t13-,14-,15-,16+,18+/m0/s1. The third-order valence-electron chi connectivity index (χ3n) is 6.44. The van der Waals surface area contributed by atoms with E-state index in [1.165, 1.54) is 5.57 Å². The van der Waals surface area contributed by atoms with Crippen molar-refractivity contribution in [1.29, 1.82) is 0 Å². The predicted octanol–water partition coefficient (Wildman–Crippen LogP) is 3.16. The van der Waals surface area contributed by atoms with Gasteiger partial charge in [0.15, 0.2) is 0 Å². The summed E-state index contributed by atoms with van der Waals surface area (Å²) in [4.78, 5) is 14.3. The van der Waals surface area contributed by atoms with E-state index >= 15 is 0 Å². The van der Waals surface area contributed by atoms with E-state index in [9.17, 15) is 13.6 Å². The van der Waals surface area contributed by atoms with Crippen LogP contribution in [0.1, 0.15) is 46.0 Å². The highest BCUT2D eigenvalue weighted by molar-refractivity contribution is 5.75. The summed E-state index contributed by atoms with van der Waals surface area (Å²) in [5, 5.41) is 0. The maximum atomic E-state index is 13.5. The fourth-order valence-electron chi connectivity index (χ4n) is 4.79. The lowest BCUT2D eigenvalue weighted by molar-refractivity contribution is -0.145. The van der Waals surface area contributed by atoms with Crippen molar-refractivity contribution in [2.24, 2.45) is 11.8 Å². The molecule has 4 nitrogen and oxygen atoms in total. The molecule has 0 N–H and O–H groups in total. The molecule has 0 aromatic heterocycles. The first-order chi connectivity index (χ1) is 11.8. The van der Waals surface area contributed by atoms with E-state index in [2.05, 4.69) is 19.9 Å². The number of likely N-dealkylation sites (tertiary alicyclic amines) is 1. The first-order valence-electron chi connectivity index (χ1n) is 9.42. The van der Waals surface area contributed by atoms with Gasteiger partial charge in [0.05, 0.1) is 18.1 Å². The minimum absolute atomic E-state index is 0.0433. The normalized spacial score (nSPS) is 43.8. The second-order valence-corrected chi connectivity index (χ2v) is 8.49. The SMILES string of the molecule is CC1=CCC[C@@]2(C)O[C@@H]2[C@H]2OC(=O)[C@@H](CN3CCC(F)(F)C3)[C@@H]2CC1. The van der Waals surface area contributed by atoms with E-state index in [4.69, 9.17) is 9.47 Å². The lowest BCUT2D eigenvalue weighted by Crippen LogP contribution is -2.36. The van der Waals surface area contributed by atoms with Gasteiger partial charge in [-0.3, -0.25) is 9.69 Å². The topological polar surface area (TPSA) is 42.1 Å². The molecule has 1 aliphatic carbocycles. The zero-order valence-corrected chi connectivity index (χ0v) is 15.0. The van der Waals surface area contributed by atoms with Crippen LogP contribution in [-0.2, 0) is 14.3 Å². The Balaban J connectivity index is 1.52. The molecule has 3 aliphatic heterocycles. The van der Waals surface area contributed by atoms with E-state index in [1.54, 1.807) is 4.90 Å². The number of esters is 1. The molecule has 0 unspecified atom stereocenters. The summed E-state index contributed by atoms with van der Waals surface area (Å²) in [6.07, 6.45) is 5.56. The number of alkyl halides is 2. The molecule has 4 rings (SSSR count). The number of allylic oxidation sites excluding steroid dienone is 2. The average Bonchev–Trinajstić information content (AvgIpc) is 2.92. The van der Waals surface area contributed by atoms with Crippen molar-refractivity contribution >= 4 is 5.97 Å². The number of rotatable bonds is 2. The third-order valence-corrected chi connectivity index (χ3v) is 6.44. The zero-order valence-electron chi connectivity index (χ0n) is 15.0. The quantitative estimate of drug-likeness (QED) is 0.433. The van der Waals surface area contributed by atoms with Crippen molar-refractivity contribution in [3.8, 4) is 0 Å². The largest absolute Gasteiger partial charge is 0.459 e. The van der Waals surface area contributed by atoms with Crippen LogP contribution in [0.15, 0.2) is 11.6 Å². The van der Waals surface area contributed by atoms with E-state index in [1.807, 2.05) is 0 Å². The van der Waals surface area contributed by atoms with Crippen LogP contribution in [-0.4, -0.2) is 54.2 Å². The molecule has 25 heavy (non-hydrogen) atoms. The monoisotopic (exact) mass is 355 g/mol. The lowest BCUT2D eigenvalue weighted by Gasteiger charge is -2.25. The smallest absolute Gasteiger partial charge is 0.311 e. The van der Waals surface area contributed by atoms with Crippen LogP contribution >= 0.6 is 0 Å². The predicted molar refractivity (Wildman–Crippen MR) is 88.4 cm³/mol. The van der Waals surface area contributed by atoms with Crippen LogP contribution in [0, 0.1) is 11.8 Å². The molecule has 0 bridgehead atoms. The molecular weight excluding hydrogens is 328 g/mol. The molecule has 6 heteroatoms. The van der Waals surface area contributed by atoms with Crippen LogP contribution in [0.25, 0.3) is 0 Å². The van der Waals surface area contributed by atoms with Crippen molar-refractivity contribution in [2.75, 3.05) is 19.6 Å². The molecule has 0 radical (unpaired) electrons. The molecule has 140 valence electrons. The van der Waals surface area contributed by atoms with E-state index < -0.39 is 5.92 Å². The number of halogens is 2. The molecule has 3 heterocycles. The van der Waals surface area contributed by atoms with Gasteiger partial charge in [-0.2, -0.15) is 0 Å². The van der Waals surface area contributed by atoms with Crippen LogP contribution in [0.2, 0.25) is 0 Å². The Morgan fingerprint density at radius 2 is 2.16 bits per heavy atom. The van der Waals surface area contributed by atoms with E-state index in [0.717, 1.165) is 25.7 Å². The van der Waals surface area contributed by atoms with Crippen LogP contribution in [0.4, 0.5) is 8.78 Å². The van der Waals surface area contributed by atoms with Gasteiger partial charge in [-0.25, -0.2) is 8.78 Å². The van der Waals surface area contributed by atoms with Crippen molar-refractivity contribution in [2.45, 2.75) is 69.7 Å². The second-order valence-electron chi connectivity index (χ2n) is 8.49. The number of hydrogen-bond acceptors (Lipinski definition) is 4. The number of epoxide rings is 1. The molecule has 3 saturated heterocycles. The average molecular weight is 355 g/mol. The summed E-state index contributed by atoms with van der Waals surface area (Å²) in [5.41, 5.74) is 1.11. The Morgan fingerprint density at radius 3 is 2.88 bits per heavy atom. The van der Waals surface area contributed by atoms with Gasteiger partial charge < -0.3 is 9.47 Å². The zero-order chi connectivity index (χ0) is 17.8.